The van der Waals surface area contributed by atoms with Gasteiger partial charge in [-0.05, 0) is 87.0 Å². The number of hydrogen-bond donors (Lipinski definition) is 2. The number of phenols is 1. The van der Waals surface area contributed by atoms with Crippen molar-refractivity contribution in [3.63, 3.8) is 0 Å². The van der Waals surface area contributed by atoms with Crippen molar-refractivity contribution in [1.29, 1.82) is 0 Å². The zero-order valence-electron chi connectivity index (χ0n) is 24.7. The van der Waals surface area contributed by atoms with E-state index >= 15 is 8.78 Å². The summed E-state index contributed by atoms with van der Waals surface area (Å²) >= 11 is 0. The molecule has 1 saturated carbocycles. The number of hydrogen-bond acceptors (Lipinski definition) is 4. The van der Waals surface area contributed by atoms with Gasteiger partial charge in [0.15, 0.2) is 34.8 Å². The fourth-order valence-corrected chi connectivity index (χ4v) is 6.58. The van der Waals surface area contributed by atoms with Crippen LogP contribution in [0.15, 0.2) is 42.5 Å². The van der Waals surface area contributed by atoms with Gasteiger partial charge in [-0.15, -0.1) is 0 Å². The Labute approximate surface area is 257 Å². The molecule has 240 valence electrons. The standard InChI is InChI=1S/C35H34F6O4/c1-2-3-27(42)25-14-12-23(30(37)32(25)39)24-13-15-26(33(40)31(24)38)35(44)45-21-10-8-19(9-11-21)18-4-6-20(7-5-18)22-16-17-28(43)34(41)29(22)36/h6,12-19,21,27,42-43H,2-5,7-11H2,1H3. The van der Waals surface area contributed by atoms with Crippen LogP contribution in [0.25, 0.3) is 16.7 Å². The van der Waals surface area contributed by atoms with Crippen LogP contribution in [-0.4, -0.2) is 22.3 Å². The highest BCUT2D eigenvalue weighted by atomic mass is 19.2. The van der Waals surface area contributed by atoms with Crippen LogP contribution in [0.2, 0.25) is 0 Å². The molecule has 5 rings (SSSR count). The Morgan fingerprint density at radius 3 is 2.04 bits per heavy atom. The smallest absolute Gasteiger partial charge is 0.341 e. The Kier molecular flexibility index (Phi) is 9.91. The molecule has 0 amide bonds. The van der Waals surface area contributed by atoms with Gasteiger partial charge in [-0.2, -0.15) is 4.39 Å². The number of ether oxygens (including phenoxy) is 1. The number of aliphatic hydroxyl groups excluding tert-OH is 1. The SMILES string of the molecule is CCCC(O)c1ccc(-c2ccc(C(=O)OC3CCC(C4CC=C(c5ccc(O)c(F)c5F)CC4)CC3)c(F)c2F)c(F)c1F. The summed E-state index contributed by atoms with van der Waals surface area (Å²) in [5.74, 6) is -9.32. The van der Waals surface area contributed by atoms with Gasteiger partial charge in [-0.25, -0.2) is 26.7 Å². The number of rotatable bonds is 8. The van der Waals surface area contributed by atoms with Gasteiger partial charge in [0.1, 0.15) is 6.10 Å². The number of halogens is 6. The van der Waals surface area contributed by atoms with Crippen LogP contribution in [-0.2, 0) is 4.74 Å². The highest BCUT2D eigenvalue weighted by Crippen LogP contribution is 2.42. The summed E-state index contributed by atoms with van der Waals surface area (Å²) in [6, 6.07) is 6.68. The van der Waals surface area contributed by atoms with Crippen LogP contribution in [0.3, 0.4) is 0 Å². The van der Waals surface area contributed by atoms with Crippen LogP contribution in [0.1, 0.15) is 92.3 Å². The fourth-order valence-electron chi connectivity index (χ4n) is 6.58. The summed E-state index contributed by atoms with van der Waals surface area (Å²) in [6.07, 6.45) is 5.39. The van der Waals surface area contributed by atoms with Gasteiger partial charge < -0.3 is 14.9 Å². The third kappa shape index (κ3) is 6.61. The molecule has 2 aliphatic rings. The number of aromatic hydroxyl groups is 1. The maximum absolute atomic E-state index is 15.1. The maximum Gasteiger partial charge on any atom is 0.341 e. The van der Waals surface area contributed by atoms with E-state index in [1.54, 1.807) is 6.92 Å². The molecule has 4 nitrogen and oxygen atoms in total. The second kappa shape index (κ2) is 13.7. The molecule has 0 spiro atoms. The van der Waals surface area contributed by atoms with Crippen molar-refractivity contribution in [3.8, 4) is 16.9 Å². The van der Waals surface area contributed by atoms with E-state index in [1.807, 2.05) is 6.08 Å². The number of phenolic OH excluding ortho intramolecular Hbond substituents is 1. The van der Waals surface area contributed by atoms with Gasteiger partial charge >= 0.3 is 5.97 Å². The molecule has 2 aliphatic carbocycles. The van der Waals surface area contributed by atoms with E-state index in [0.29, 0.717) is 49.5 Å². The number of esters is 1. The predicted octanol–water partition coefficient (Wildman–Crippen LogP) is 9.33. The second-order valence-electron chi connectivity index (χ2n) is 11.9. The predicted molar refractivity (Wildman–Crippen MR) is 156 cm³/mol. The first-order chi connectivity index (χ1) is 21.5. The molecule has 45 heavy (non-hydrogen) atoms. The van der Waals surface area contributed by atoms with E-state index in [2.05, 4.69) is 0 Å². The normalized spacial score (nSPS) is 20.9. The Bertz CT molecular complexity index is 1610. The first-order valence-electron chi connectivity index (χ1n) is 15.2. The van der Waals surface area contributed by atoms with Gasteiger partial charge in [0.25, 0.3) is 0 Å². The van der Waals surface area contributed by atoms with Crippen molar-refractivity contribution in [2.45, 2.75) is 76.9 Å². The van der Waals surface area contributed by atoms with Crippen molar-refractivity contribution >= 4 is 11.5 Å². The van der Waals surface area contributed by atoms with Crippen LogP contribution >= 0.6 is 0 Å². The van der Waals surface area contributed by atoms with Crippen LogP contribution < -0.4 is 0 Å². The molecule has 0 radical (unpaired) electrons. The van der Waals surface area contributed by atoms with Crippen LogP contribution in [0, 0.1) is 46.7 Å². The Balaban J connectivity index is 1.19. The Morgan fingerprint density at radius 1 is 0.778 bits per heavy atom. The van der Waals surface area contributed by atoms with Gasteiger partial charge in [-0.1, -0.05) is 37.6 Å². The molecule has 0 bridgehead atoms. The minimum Gasteiger partial charge on any atom is -0.505 e. The number of allylic oxidation sites excluding steroid dienone is 2. The van der Waals surface area contributed by atoms with Crippen molar-refractivity contribution in [2.75, 3.05) is 0 Å². The molecule has 3 aromatic carbocycles. The average Bonchev–Trinajstić information content (AvgIpc) is 3.03. The zero-order chi connectivity index (χ0) is 32.4. The first kappa shape index (κ1) is 32.6. The summed E-state index contributed by atoms with van der Waals surface area (Å²) in [5.41, 5.74) is -1.20. The Hall–Kier alpha value is -3.79. The first-order valence-corrected chi connectivity index (χ1v) is 15.2. The molecule has 2 atom stereocenters. The summed E-state index contributed by atoms with van der Waals surface area (Å²) < 4.78 is 93.1. The number of aliphatic hydroxyl groups is 1. The lowest BCUT2D eigenvalue weighted by atomic mass is 9.72. The lowest BCUT2D eigenvalue weighted by Crippen LogP contribution is -2.28. The molecule has 0 saturated heterocycles. The molecule has 10 heteroatoms. The lowest BCUT2D eigenvalue weighted by molar-refractivity contribution is 0.0123. The average molecular weight is 633 g/mol. The second-order valence-corrected chi connectivity index (χ2v) is 11.9. The quantitative estimate of drug-likeness (QED) is 0.192. The van der Waals surface area contributed by atoms with Gasteiger partial charge in [0.2, 0.25) is 5.82 Å². The summed E-state index contributed by atoms with van der Waals surface area (Å²) in [4.78, 5) is 12.8. The van der Waals surface area contributed by atoms with Crippen LogP contribution in [0.5, 0.6) is 5.75 Å². The zero-order valence-corrected chi connectivity index (χ0v) is 24.7. The summed E-state index contributed by atoms with van der Waals surface area (Å²) in [7, 11) is 0. The fraction of sp³-hybridized carbons (Fsp3) is 0.400. The molecular formula is C35H34F6O4. The molecule has 3 aromatic rings. The van der Waals surface area contributed by atoms with Crippen molar-refractivity contribution in [3.05, 3.63) is 94.1 Å². The summed E-state index contributed by atoms with van der Waals surface area (Å²) in [6.45, 7) is 1.77. The number of benzene rings is 3. The highest BCUT2D eigenvalue weighted by molar-refractivity contribution is 5.90. The van der Waals surface area contributed by atoms with E-state index in [-0.39, 0.29) is 17.5 Å². The number of carbonyl (C=O) groups excluding carboxylic acids is 1. The van der Waals surface area contributed by atoms with Gasteiger partial charge in [0.05, 0.1) is 11.7 Å². The minimum absolute atomic E-state index is 0.147. The van der Waals surface area contributed by atoms with Crippen molar-refractivity contribution in [1.82, 2.24) is 0 Å². The summed E-state index contributed by atoms with van der Waals surface area (Å²) in [5, 5.41) is 19.4. The van der Waals surface area contributed by atoms with E-state index < -0.39 is 75.5 Å². The molecule has 0 aromatic heterocycles. The molecule has 1 fully saturated rings. The minimum atomic E-state index is -1.53. The van der Waals surface area contributed by atoms with Gasteiger partial charge in [-0.3, -0.25) is 0 Å². The molecule has 2 N–H and O–H groups in total. The molecular weight excluding hydrogens is 598 g/mol. The number of carbonyl (C=O) groups is 1. The highest BCUT2D eigenvalue weighted by Gasteiger charge is 2.32. The van der Waals surface area contributed by atoms with Crippen molar-refractivity contribution in [2.24, 2.45) is 11.8 Å². The monoisotopic (exact) mass is 632 g/mol. The Morgan fingerprint density at radius 2 is 1.40 bits per heavy atom. The van der Waals surface area contributed by atoms with Gasteiger partial charge in [0, 0.05) is 22.3 Å². The molecule has 0 heterocycles. The van der Waals surface area contributed by atoms with Crippen LogP contribution in [0.4, 0.5) is 26.3 Å². The third-order valence-electron chi connectivity index (χ3n) is 9.14. The third-order valence-corrected chi connectivity index (χ3v) is 9.14. The van der Waals surface area contributed by atoms with E-state index in [1.165, 1.54) is 6.07 Å². The van der Waals surface area contributed by atoms with E-state index in [4.69, 9.17) is 4.74 Å². The topological polar surface area (TPSA) is 66.8 Å². The van der Waals surface area contributed by atoms with E-state index in [0.717, 1.165) is 49.6 Å². The maximum atomic E-state index is 15.1. The van der Waals surface area contributed by atoms with E-state index in [9.17, 15) is 32.6 Å². The molecule has 2 unspecified atom stereocenters. The van der Waals surface area contributed by atoms with Crippen molar-refractivity contribution < 1.29 is 46.1 Å². The lowest BCUT2D eigenvalue weighted by Gasteiger charge is -2.35. The largest absolute Gasteiger partial charge is 0.505 e. The molecule has 0 aliphatic heterocycles.